The van der Waals surface area contributed by atoms with Crippen LogP contribution in [-0.2, 0) is 14.4 Å². The second kappa shape index (κ2) is 7.91. The number of allylic oxidation sites excluding steroid dienone is 2. The van der Waals surface area contributed by atoms with Gasteiger partial charge in [0.15, 0.2) is 5.13 Å². The molecule has 1 aromatic heterocycles. The number of hydrogen-bond donors (Lipinski definition) is 1. The van der Waals surface area contributed by atoms with Crippen molar-refractivity contribution in [3.8, 4) is 11.3 Å². The molecule has 0 spiro atoms. The number of fused-ring (bicyclic) bond motifs is 1. The maximum atomic E-state index is 12.5. The highest BCUT2D eigenvalue weighted by atomic mass is 32.1. The number of imide groups is 1. The van der Waals surface area contributed by atoms with Crippen molar-refractivity contribution in [2.45, 2.75) is 33.1 Å². The minimum Gasteiger partial charge on any atom is -0.302 e. The van der Waals surface area contributed by atoms with E-state index in [2.05, 4.69) is 36.3 Å². The molecule has 2 heterocycles. The molecule has 0 bridgehead atoms. The molecule has 1 fully saturated rings. The summed E-state index contributed by atoms with van der Waals surface area (Å²) in [7, 11) is 0. The molecule has 29 heavy (non-hydrogen) atoms. The van der Waals surface area contributed by atoms with Gasteiger partial charge in [-0.05, 0) is 43.9 Å². The first-order valence-corrected chi connectivity index (χ1v) is 10.6. The highest BCUT2D eigenvalue weighted by Crippen LogP contribution is 2.35. The lowest BCUT2D eigenvalue weighted by Gasteiger charge is -2.14. The van der Waals surface area contributed by atoms with E-state index in [1.807, 2.05) is 23.6 Å². The van der Waals surface area contributed by atoms with Gasteiger partial charge in [0.1, 0.15) is 0 Å². The van der Waals surface area contributed by atoms with E-state index in [4.69, 9.17) is 0 Å². The van der Waals surface area contributed by atoms with Crippen molar-refractivity contribution < 1.29 is 14.4 Å². The number of carbonyl (C=O) groups is 3. The Morgan fingerprint density at radius 2 is 1.83 bits per heavy atom. The van der Waals surface area contributed by atoms with Gasteiger partial charge in [-0.2, -0.15) is 0 Å². The number of aromatic nitrogens is 1. The Kier molecular flexibility index (Phi) is 5.32. The monoisotopic (exact) mass is 409 g/mol. The number of benzene rings is 1. The Bertz CT molecular complexity index is 984. The van der Waals surface area contributed by atoms with Crippen LogP contribution in [0.2, 0.25) is 0 Å². The van der Waals surface area contributed by atoms with Crippen LogP contribution in [0.25, 0.3) is 11.3 Å². The number of rotatable bonds is 5. The number of aryl methyl sites for hydroxylation is 2. The Morgan fingerprint density at radius 3 is 2.48 bits per heavy atom. The number of nitrogens with one attached hydrogen (secondary N) is 1. The number of thiazole rings is 1. The summed E-state index contributed by atoms with van der Waals surface area (Å²) in [6.45, 7) is 4.24. The largest absolute Gasteiger partial charge is 0.302 e. The molecule has 150 valence electrons. The molecule has 6 nitrogen and oxygen atoms in total. The minimum absolute atomic E-state index is 0.0723. The summed E-state index contributed by atoms with van der Waals surface area (Å²) in [5.41, 5.74) is 4.24. The molecule has 4 rings (SSSR count). The van der Waals surface area contributed by atoms with E-state index in [-0.39, 0.29) is 42.5 Å². The summed E-state index contributed by atoms with van der Waals surface area (Å²) in [5.74, 6) is -1.06. The molecule has 1 aliphatic heterocycles. The van der Waals surface area contributed by atoms with Crippen LogP contribution in [-0.4, -0.2) is 34.2 Å². The Balaban J connectivity index is 1.35. The topological polar surface area (TPSA) is 79.4 Å². The smallest absolute Gasteiger partial charge is 0.233 e. The third-order valence-electron chi connectivity index (χ3n) is 5.71. The number of amides is 3. The SMILES string of the molecule is Cc1ccc(-c2csc(NC(=O)CCN3C(=O)[C@@H]4CC=CC[C@H]4C3=O)n2)cc1C. The van der Waals surface area contributed by atoms with Gasteiger partial charge < -0.3 is 5.32 Å². The lowest BCUT2D eigenvalue weighted by Crippen LogP contribution is -2.34. The molecule has 2 atom stereocenters. The predicted molar refractivity (Wildman–Crippen MR) is 112 cm³/mol. The van der Waals surface area contributed by atoms with Gasteiger partial charge in [0.25, 0.3) is 0 Å². The zero-order chi connectivity index (χ0) is 20.5. The van der Waals surface area contributed by atoms with Crippen molar-refractivity contribution in [2.75, 3.05) is 11.9 Å². The van der Waals surface area contributed by atoms with Crippen LogP contribution >= 0.6 is 11.3 Å². The Hall–Kier alpha value is -2.80. The molecule has 1 aromatic carbocycles. The van der Waals surface area contributed by atoms with Gasteiger partial charge in [0.05, 0.1) is 17.5 Å². The molecule has 2 aliphatic rings. The number of hydrogen-bond acceptors (Lipinski definition) is 5. The highest BCUT2D eigenvalue weighted by Gasteiger charge is 2.46. The zero-order valence-electron chi connectivity index (χ0n) is 16.5. The number of nitrogens with zero attached hydrogens (tertiary/aromatic N) is 2. The molecule has 2 aromatic rings. The second-order valence-electron chi connectivity index (χ2n) is 7.62. The van der Waals surface area contributed by atoms with Crippen LogP contribution in [0.1, 0.15) is 30.4 Å². The van der Waals surface area contributed by atoms with Crippen molar-refractivity contribution in [1.29, 1.82) is 0 Å². The van der Waals surface area contributed by atoms with Gasteiger partial charge in [-0.1, -0.05) is 24.3 Å². The first-order chi connectivity index (χ1) is 13.9. The average molecular weight is 410 g/mol. The molecule has 1 saturated heterocycles. The maximum absolute atomic E-state index is 12.5. The first kappa shape index (κ1) is 19.5. The van der Waals surface area contributed by atoms with Gasteiger partial charge in [-0.25, -0.2) is 4.98 Å². The molecule has 1 aliphatic carbocycles. The van der Waals surface area contributed by atoms with E-state index in [1.165, 1.54) is 27.4 Å². The van der Waals surface area contributed by atoms with E-state index < -0.39 is 0 Å². The van der Waals surface area contributed by atoms with Crippen LogP contribution in [0.4, 0.5) is 5.13 Å². The van der Waals surface area contributed by atoms with Gasteiger partial charge in [0, 0.05) is 23.9 Å². The number of likely N-dealkylation sites (tertiary alicyclic amines) is 1. The summed E-state index contributed by atoms with van der Waals surface area (Å²) in [6, 6.07) is 6.15. The molecule has 3 amide bonds. The molecule has 0 radical (unpaired) electrons. The zero-order valence-corrected chi connectivity index (χ0v) is 17.3. The molecule has 0 unspecified atom stereocenters. The van der Waals surface area contributed by atoms with Gasteiger partial charge in [0.2, 0.25) is 17.7 Å². The number of anilines is 1. The minimum atomic E-state index is -0.255. The van der Waals surface area contributed by atoms with Crippen molar-refractivity contribution in [3.63, 3.8) is 0 Å². The molecule has 1 N–H and O–H groups in total. The second-order valence-corrected chi connectivity index (χ2v) is 8.48. The quantitative estimate of drug-likeness (QED) is 0.603. The highest BCUT2D eigenvalue weighted by molar-refractivity contribution is 7.14. The molecular weight excluding hydrogens is 386 g/mol. The normalized spacial score (nSPS) is 20.8. The fourth-order valence-electron chi connectivity index (χ4n) is 3.85. The van der Waals surface area contributed by atoms with E-state index in [0.29, 0.717) is 18.0 Å². The standard InChI is InChI=1S/C22H23N3O3S/c1-13-7-8-15(11-14(13)2)18-12-29-22(23-18)24-19(26)9-10-25-20(27)16-5-3-4-6-17(16)21(25)28/h3-4,7-8,11-12,16-17H,5-6,9-10H2,1-2H3,(H,23,24,26)/t16-,17-/m1/s1. The fraction of sp³-hybridized carbons (Fsp3) is 0.364. The van der Waals surface area contributed by atoms with Crippen molar-refractivity contribution in [2.24, 2.45) is 11.8 Å². The summed E-state index contributed by atoms with van der Waals surface area (Å²) in [5, 5.41) is 5.20. The van der Waals surface area contributed by atoms with Crippen LogP contribution in [0.15, 0.2) is 35.7 Å². The summed E-state index contributed by atoms with van der Waals surface area (Å²) < 4.78 is 0. The molecule has 7 heteroatoms. The van der Waals surface area contributed by atoms with Crippen LogP contribution in [0, 0.1) is 25.7 Å². The van der Waals surface area contributed by atoms with Crippen molar-refractivity contribution in [1.82, 2.24) is 9.88 Å². The Morgan fingerprint density at radius 1 is 1.14 bits per heavy atom. The third kappa shape index (κ3) is 3.87. The van der Waals surface area contributed by atoms with Gasteiger partial charge >= 0.3 is 0 Å². The van der Waals surface area contributed by atoms with Crippen molar-refractivity contribution >= 4 is 34.2 Å². The maximum Gasteiger partial charge on any atom is 0.233 e. The van der Waals surface area contributed by atoms with Crippen LogP contribution in [0.5, 0.6) is 0 Å². The lowest BCUT2D eigenvalue weighted by molar-refractivity contribution is -0.140. The molecule has 0 saturated carbocycles. The van der Waals surface area contributed by atoms with Gasteiger partial charge in [-0.15, -0.1) is 11.3 Å². The van der Waals surface area contributed by atoms with Crippen LogP contribution in [0.3, 0.4) is 0 Å². The summed E-state index contributed by atoms with van der Waals surface area (Å²) in [4.78, 5) is 43.0. The third-order valence-corrected chi connectivity index (χ3v) is 6.47. The lowest BCUT2D eigenvalue weighted by atomic mass is 9.85. The molecular formula is C22H23N3O3S. The van der Waals surface area contributed by atoms with E-state index in [9.17, 15) is 14.4 Å². The van der Waals surface area contributed by atoms with Crippen LogP contribution < -0.4 is 5.32 Å². The fourth-order valence-corrected chi connectivity index (χ4v) is 4.58. The summed E-state index contributed by atoms with van der Waals surface area (Å²) in [6.07, 6.45) is 5.20. The van der Waals surface area contributed by atoms with Crippen molar-refractivity contribution in [3.05, 3.63) is 46.9 Å². The Labute approximate surface area is 173 Å². The van der Waals surface area contributed by atoms with Gasteiger partial charge in [-0.3, -0.25) is 19.3 Å². The summed E-state index contributed by atoms with van der Waals surface area (Å²) >= 11 is 1.36. The van der Waals surface area contributed by atoms with E-state index >= 15 is 0 Å². The number of carbonyl (C=O) groups excluding carboxylic acids is 3. The van der Waals surface area contributed by atoms with E-state index in [1.54, 1.807) is 0 Å². The average Bonchev–Trinajstić information content (AvgIpc) is 3.26. The first-order valence-electron chi connectivity index (χ1n) is 9.77. The van der Waals surface area contributed by atoms with E-state index in [0.717, 1.165) is 11.3 Å². The predicted octanol–water partition coefficient (Wildman–Crippen LogP) is 3.71.